The zero-order valence-electron chi connectivity index (χ0n) is 11.0. The number of amides is 1. The van der Waals surface area contributed by atoms with Gasteiger partial charge in [-0.2, -0.15) is 0 Å². The molecule has 0 aromatic heterocycles. The summed E-state index contributed by atoms with van der Waals surface area (Å²) in [5, 5.41) is 2.20. The molecule has 0 radical (unpaired) electrons. The van der Waals surface area contributed by atoms with E-state index in [0.29, 0.717) is 0 Å². The topological polar surface area (TPSA) is 38.3 Å². The molecule has 3 nitrogen and oxygen atoms in total. The van der Waals surface area contributed by atoms with Gasteiger partial charge >= 0.3 is 6.09 Å². The number of carbonyl (C=O) groups excluding carboxylic acids is 1. The molecule has 1 rings (SSSR count). The minimum absolute atomic E-state index is 0.146. The first-order chi connectivity index (χ1) is 8.70. The second-order valence-corrected chi connectivity index (χ2v) is 5.42. The lowest BCUT2D eigenvalue weighted by atomic mass is 10.1. The highest BCUT2D eigenvalue weighted by atomic mass is 35.5. The fraction of sp³-hybridized carbons (Fsp3) is 0.462. The summed E-state index contributed by atoms with van der Waals surface area (Å²) in [5.74, 6) is -2.06. The van der Waals surface area contributed by atoms with Gasteiger partial charge in [-0.15, -0.1) is 0 Å². The van der Waals surface area contributed by atoms with Crippen LogP contribution >= 0.6 is 11.6 Å². The monoisotopic (exact) mass is 291 g/mol. The summed E-state index contributed by atoms with van der Waals surface area (Å²) in [6.07, 6.45) is -0.443. The molecule has 0 aliphatic carbocycles. The molecule has 0 spiro atoms. The Balaban J connectivity index is 2.50. The van der Waals surface area contributed by atoms with Gasteiger partial charge in [0.05, 0.1) is 5.02 Å². The third kappa shape index (κ3) is 5.03. The molecule has 0 unspecified atom stereocenters. The predicted octanol–water partition coefficient (Wildman–Crippen LogP) is 3.69. The summed E-state index contributed by atoms with van der Waals surface area (Å²) in [6, 6.07) is 2.67. The number of halogens is 3. The number of rotatable bonds is 3. The number of nitrogens with one attached hydrogen (secondary N) is 1. The third-order valence-electron chi connectivity index (χ3n) is 2.18. The molecule has 1 N–H and O–H groups in total. The molecule has 0 aliphatic rings. The zero-order valence-corrected chi connectivity index (χ0v) is 11.8. The highest BCUT2D eigenvalue weighted by Gasteiger charge is 2.16. The van der Waals surface area contributed by atoms with Crippen LogP contribution in [0.5, 0.6) is 0 Å². The van der Waals surface area contributed by atoms with Crippen molar-refractivity contribution in [2.24, 2.45) is 0 Å². The molecule has 0 aliphatic heterocycles. The quantitative estimate of drug-likeness (QED) is 0.863. The molecule has 0 fully saturated rings. The Hall–Kier alpha value is -1.36. The van der Waals surface area contributed by atoms with E-state index < -0.39 is 23.3 Å². The van der Waals surface area contributed by atoms with E-state index >= 15 is 0 Å². The van der Waals surface area contributed by atoms with Crippen LogP contribution < -0.4 is 5.32 Å². The van der Waals surface area contributed by atoms with Crippen LogP contribution in [-0.4, -0.2) is 18.2 Å². The molecular weight excluding hydrogens is 276 g/mol. The van der Waals surface area contributed by atoms with Crippen molar-refractivity contribution in [3.8, 4) is 0 Å². The Morgan fingerprint density at radius 1 is 1.32 bits per heavy atom. The fourth-order valence-electron chi connectivity index (χ4n) is 1.37. The first-order valence-corrected chi connectivity index (χ1v) is 6.18. The van der Waals surface area contributed by atoms with Crippen LogP contribution in [0.2, 0.25) is 5.02 Å². The van der Waals surface area contributed by atoms with E-state index in [0.717, 1.165) is 0 Å². The van der Waals surface area contributed by atoms with Crippen molar-refractivity contribution in [2.45, 2.75) is 32.8 Å². The summed E-state index contributed by atoms with van der Waals surface area (Å²) >= 11 is 5.44. The van der Waals surface area contributed by atoms with Crippen molar-refractivity contribution in [2.75, 3.05) is 6.54 Å². The van der Waals surface area contributed by atoms with Gasteiger partial charge in [0.1, 0.15) is 5.60 Å². The van der Waals surface area contributed by atoms with Crippen molar-refractivity contribution >= 4 is 17.7 Å². The number of carbonyl (C=O) groups is 1. The average molecular weight is 292 g/mol. The van der Waals surface area contributed by atoms with Crippen LogP contribution in [-0.2, 0) is 11.2 Å². The van der Waals surface area contributed by atoms with Crippen LogP contribution in [0.4, 0.5) is 13.6 Å². The van der Waals surface area contributed by atoms with E-state index in [2.05, 4.69) is 5.32 Å². The highest BCUT2D eigenvalue weighted by Crippen LogP contribution is 2.20. The molecule has 0 saturated carbocycles. The number of hydrogen-bond acceptors (Lipinski definition) is 2. The Kier molecular flexibility index (Phi) is 5.11. The van der Waals surface area contributed by atoms with E-state index in [-0.39, 0.29) is 23.6 Å². The van der Waals surface area contributed by atoms with Gasteiger partial charge in [-0.1, -0.05) is 17.7 Å². The first-order valence-electron chi connectivity index (χ1n) is 5.80. The average Bonchev–Trinajstić information content (AvgIpc) is 2.27. The maximum atomic E-state index is 13.5. The lowest BCUT2D eigenvalue weighted by Gasteiger charge is -2.19. The molecule has 1 aromatic rings. The number of benzene rings is 1. The van der Waals surface area contributed by atoms with Crippen molar-refractivity contribution in [1.29, 1.82) is 0 Å². The minimum atomic E-state index is -1.07. The van der Waals surface area contributed by atoms with Crippen LogP contribution in [0, 0.1) is 11.6 Å². The van der Waals surface area contributed by atoms with Crippen molar-refractivity contribution in [3.05, 3.63) is 34.4 Å². The van der Waals surface area contributed by atoms with Crippen LogP contribution in [0.1, 0.15) is 26.3 Å². The lowest BCUT2D eigenvalue weighted by molar-refractivity contribution is 0.0528. The number of alkyl carbamates (subject to hydrolysis) is 1. The molecule has 0 bridgehead atoms. The van der Waals surface area contributed by atoms with Gasteiger partial charge in [0.15, 0.2) is 11.6 Å². The normalized spacial score (nSPS) is 11.3. The molecule has 19 heavy (non-hydrogen) atoms. The largest absolute Gasteiger partial charge is 0.444 e. The molecule has 0 atom stereocenters. The van der Waals surface area contributed by atoms with Crippen LogP contribution in [0.3, 0.4) is 0 Å². The van der Waals surface area contributed by atoms with Gasteiger partial charge in [-0.25, -0.2) is 13.6 Å². The predicted molar refractivity (Wildman–Crippen MR) is 69.3 cm³/mol. The van der Waals surface area contributed by atoms with Crippen molar-refractivity contribution < 1.29 is 18.3 Å². The van der Waals surface area contributed by atoms with E-state index in [1.54, 1.807) is 20.8 Å². The lowest BCUT2D eigenvalue weighted by Crippen LogP contribution is -2.33. The van der Waals surface area contributed by atoms with Crippen LogP contribution in [0.25, 0.3) is 0 Å². The van der Waals surface area contributed by atoms with E-state index in [4.69, 9.17) is 16.3 Å². The van der Waals surface area contributed by atoms with Gasteiger partial charge in [0, 0.05) is 6.54 Å². The standard InChI is InChI=1S/C13H16ClF2NO2/c1-13(2,3)19-12(18)17-7-6-8-4-5-9(14)11(16)10(8)15/h4-5H,6-7H2,1-3H3,(H,17,18). The molecule has 0 saturated heterocycles. The molecule has 0 heterocycles. The third-order valence-corrected chi connectivity index (χ3v) is 2.47. The van der Waals surface area contributed by atoms with Gasteiger partial charge in [-0.05, 0) is 38.8 Å². The Labute approximate surface area is 115 Å². The number of hydrogen-bond donors (Lipinski definition) is 1. The van der Waals surface area contributed by atoms with Crippen molar-refractivity contribution in [3.63, 3.8) is 0 Å². The molecule has 106 valence electrons. The molecule has 1 aromatic carbocycles. The Bertz CT molecular complexity index is 472. The SMILES string of the molecule is CC(C)(C)OC(=O)NCCc1ccc(Cl)c(F)c1F. The fourth-order valence-corrected chi connectivity index (χ4v) is 1.52. The second-order valence-electron chi connectivity index (χ2n) is 5.01. The summed E-state index contributed by atoms with van der Waals surface area (Å²) in [6.45, 7) is 5.36. The van der Waals surface area contributed by atoms with E-state index in [1.165, 1.54) is 12.1 Å². The second kappa shape index (κ2) is 6.19. The summed E-state index contributed by atoms with van der Waals surface area (Å²) in [4.78, 5) is 11.3. The van der Waals surface area contributed by atoms with Gasteiger partial charge in [-0.3, -0.25) is 0 Å². The Morgan fingerprint density at radius 2 is 1.95 bits per heavy atom. The zero-order chi connectivity index (χ0) is 14.6. The molecular formula is C13H16ClF2NO2. The maximum absolute atomic E-state index is 13.5. The summed E-state index contributed by atoms with van der Waals surface area (Å²) in [5.41, 5.74) is -0.445. The summed E-state index contributed by atoms with van der Waals surface area (Å²) in [7, 11) is 0. The van der Waals surface area contributed by atoms with Gasteiger partial charge in [0.25, 0.3) is 0 Å². The number of ether oxygens (including phenoxy) is 1. The molecule has 6 heteroatoms. The van der Waals surface area contributed by atoms with E-state index in [9.17, 15) is 13.6 Å². The van der Waals surface area contributed by atoms with Gasteiger partial charge in [0.2, 0.25) is 0 Å². The van der Waals surface area contributed by atoms with Crippen LogP contribution in [0.15, 0.2) is 12.1 Å². The smallest absolute Gasteiger partial charge is 0.407 e. The van der Waals surface area contributed by atoms with Crippen molar-refractivity contribution in [1.82, 2.24) is 5.32 Å². The van der Waals surface area contributed by atoms with Gasteiger partial charge < -0.3 is 10.1 Å². The van der Waals surface area contributed by atoms with E-state index in [1.807, 2.05) is 0 Å². The molecule has 1 amide bonds. The Morgan fingerprint density at radius 3 is 2.53 bits per heavy atom. The minimum Gasteiger partial charge on any atom is -0.444 e. The maximum Gasteiger partial charge on any atom is 0.407 e. The highest BCUT2D eigenvalue weighted by molar-refractivity contribution is 6.30. The first kappa shape index (κ1) is 15.7. The summed E-state index contributed by atoms with van der Waals surface area (Å²) < 4.78 is 31.6.